The molecular weight excluding hydrogens is 1080 g/mol. The number of nitrogens with two attached hydrogens (primary N) is 2. The number of urea groups is 1. The van der Waals surface area contributed by atoms with E-state index >= 15 is 0 Å². The van der Waals surface area contributed by atoms with Gasteiger partial charge in [0, 0.05) is 59.7 Å². The number of carbonyl (C=O) groups is 7. The summed E-state index contributed by atoms with van der Waals surface area (Å²) < 4.78 is 18.0. The van der Waals surface area contributed by atoms with Crippen LogP contribution in [0.5, 0.6) is 0 Å². The van der Waals surface area contributed by atoms with Gasteiger partial charge in [-0.2, -0.15) is 0 Å². The number of primary amides is 1. The summed E-state index contributed by atoms with van der Waals surface area (Å²) in [6.45, 7) is 19.5. The molecule has 2 aromatic rings. The summed E-state index contributed by atoms with van der Waals surface area (Å²) in [5.41, 5.74) is 6.95. The highest BCUT2D eigenvalue weighted by Gasteiger charge is 2.43. The van der Waals surface area contributed by atoms with Crippen molar-refractivity contribution in [3.8, 4) is 0 Å². The number of benzene rings is 2. The van der Waals surface area contributed by atoms with Gasteiger partial charge in [-0.1, -0.05) is 111 Å². The van der Waals surface area contributed by atoms with E-state index in [1.54, 1.807) is 64.3 Å². The zero-order valence-electron chi connectivity index (χ0n) is 52.1. The van der Waals surface area contributed by atoms with Crippen molar-refractivity contribution in [1.82, 2.24) is 41.3 Å². The van der Waals surface area contributed by atoms with Crippen molar-refractivity contribution < 1.29 is 62.8 Å². The SMILES string of the molecule is CC[C@H](C)[C@H]([C@H](CC(=O)N1CCC[C@@H]1[C@@H](OC)[C@H](C)CN[C@@H](C)[C@H](O)c1ccccc1)OC)N(C)C(=O)[C@H](NC(O)[C@@H](C(C)C)N(C)C(=O)OCc1ccc(NC(=O)[C@@H](CCCNC(N)=O)NC(=O)[C@H](NC(=O)CON)C(C)C)cc1)C(C)C. The van der Waals surface area contributed by atoms with Crippen LogP contribution in [-0.2, 0) is 49.6 Å². The molecule has 0 bridgehead atoms. The molecular formula is C60H101N11O13. The summed E-state index contributed by atoms with van der Waals surface area (Å²) in [7, 11) is 6.43. The van der Waals surface area contributed by atoms with Crippen molar-refractivity contribution in [3.63, 3.8) is 0 Å². The topological polar surface area (TPSA) is 331 Å². The maximum absolute atomic E-state index is 14.8. The minimum atomic E-state index is -1.39. The summed E-state index contributed by atoms with van der Waals surface area (Å²) in [4.78, 5) is 103. The number of anilines is 1. The van der Waals surface area contributed by atoms with E-state index in [9.17, 15) is 43.8 Å². The van der Waals surface area contributed by atoms with E-state index in [0.29, 0.717) is 30.8 Å². The predicted molar refractivity (Wildman–Crippen MR) is 320 cm³/mol. The molecule has 24 nitrogen and oxygen atoms in total. The van der Waals surface area contributed by atoms with E-state index in [1.807, 2.05) is 83.7 Å². The Morgan fingerprint density at radius 2 is 1.43 bits per heavy atom. The third kappa shape index (κ3) is 21.8. The van der Waals surface area contributed by atoms with Gasteiger partial charge in [-0.3, -0.25) is 34.1 Å². The van der Waals surface area contributed by atoms with Gasteiger partial charge in [0.15, 0.2) is 0 Å². The number of likely N-dealkylation sites (tertiary alicyclic amines) is 1. The molecule has 474 valence electrons. The first-order valence-corrected chi connectivity index (χ1v) is 29.5. The number of amides is 8. The normalized spacial score (nSPS) is 17.8. The van der Waals surface area contributed by atoms with Gasteiger partial charge in [-0.05, 0) is 85.5 Å². The zero-order chi connectivity index (χ0) is 63.0. The second-order valence-corrected chi connectivity index (χ2v) is 23.3. The Kier molecular flexibility index (Phi) is 31.1. The van der Waals surface area contributed by atoms with E-state index in [2.05, 4.69) is 43.7 Å². The fraction of sp³-hybridized carbons (Fsp3) is 0.683. The molecule has 0 aromatic heterocycles. The fourth-order valence-corrected chi connectivity index (χ4v) is 11.0. The Bertz CT molecular complexity index is 2350. The molecule has 3 rings (SSSR count). The molecule has 1 heterocycles. The minimum Gasteiger partial charge on any atom is -0.445 e. The van der Waals surface area contributed by atoms with E-state index in [4.69, 9.17) is 25.8 Å². The molecule has 1 aliphatic heterocycles. The third-order valence-electron chi connectivity index (χ3n) is 16.0. The summed E-state index contributed by atoms with van der Waals surface area (Å²) in [6, 6.07) is 10.4. The Morgan fingerprint density at radius 1 is 0.786 bits per heavy atom. The van der Waals surface area contributed by atoms with Crippen LogP contribution in [-0.4, -0.2) is 182 Å². The van der Waals surface area contributed by atoms with Crippen LogP contribution >= 0.6 is 0 Å². The molecule has 0 saturated carbocycles. The highest BCUT2D eigenvalue weighted by Crippen LogP contribution is 2.30. The molecule has 0 aliphatic carbocycles. The molecule has 2 aromatic carbocycles. The monoisotopic (exact) mass is 1180 g/mol. The van der Waals surface area contributed by atoms with E-state index in [-0.39, 0.29) is 92.0 Å². The second-order valence-electron chi connectivity index (χ2n) is 23.3. The average Bonchev–Trinajstić information content (AvgIpc) is 2.89. The van der Waals surface area contributed by atoms with Crippen LogP contribution in [0.15, 0.2) is 54.6 Å². The maximum atomic E-state index is 14.8. The van der Waals surface area contributed by atoms with Gasteiger partial charge in [0.2, 0.25) is 29.5 Å². The number of rotatable bonds is 36. The predicted octanol–water partition coefficient (Wildman–Crippen LogP) is 3.75. The van der Waals surface area contributed by atoms with Crippen molar-refractivity contribution >= 4 is 47.3 Å². The first-order chi connectivity index (χ1) is 39.7. The van der Waals surface area contributed by atoms with Crippen LogP contribution in [0.25, 0.3) is 0 Å². The number of likely N-dealkylation sites (N-methyl/N-ethyl adjacent to an activating group) is 2. The van der Waals surface area contributed by atoms with Gasteiger partial charge in [0.05, 0.1) is 48.9 Å². The number of aliphatic hydroxyl groups is 2. The lowest BCUT2D eigenvalue weighted by atomic mass is 9.89. The van der Waals surface area contributed by atoms with Crippen molar-refractivity contribution in [3.05, 3.63) is 65.7 Å². The maximum Gasteiger partial charge on any atom is 0.410 e. The Labute approximate surface area is 497 Å². The Morgan fingerprint density at radius 3 is 1.99 bits per heavy atom. The number of hydrogen-bond acceptors (Lipinski definition) is 16. The first kappa shape index (κ1) is 72.3. The van der Waals surface area contributed by atoms with E-state index < -0.39 is 85.1 Å². The number of carbonyl (C=O) groups excluding carboxylic acids is 7. The summed E-state index contributed by atoms with van der Waals surface area (Å²) >= 11 is 0. The molecule has 1 fully saturated rings. The number of methoxy groups -OCH3 is 2. The number of ether oxygens (including phenoxy) is 3. The molecule has 13 atom stereocenters. The molecule has 1 unspecified atom stereocenters. The number of hydrogen-bond donors (Lipinski definition) is 10. The lowest BCUT2D eigenvalue weighted by Crippen LogP contribution is -2.61. The number of nitrogens with one attached hydrogen (secondary N) is 6. The van der Waals surface area contributed by atoms with Gasteiger partial charge in [-0.15, -0.1) is 0 Å². The molecule has 84 heavy (non-hydrogen) atoms. The molecule has 0 spiro atoms. The third-order valence-corrected chi connectivity index (χ3v) is 16.0. The standard InChI is InChI=1S/C60H101N11O13/c1-15-38(8)52(46(81-13)31-48(73)71-30-20-24-45(71)54(82-14)39(9)32-64-40(10)53(74)42-21-17-16-18-22-42)69(11)58(78)50(36(4)5)68-57(77)51(37(6)7)70(12)60(80)83-33-41-25-27-43(28-26-41)65-55(75)44(23-19-29-63-59(61)79)66-56(76)49(35(2)3)67-47(72)34-84-62/h16-18,21-22,25-28,35-40,44-46,49-54,57,64,68,74,77H,15,19-20,23-24,29-34,62H2,1-14H3,(H,65,75)(H,66,76)(H,67,72)(H3,61,63,79)/t38-,39+,40-,44+,45+,46-,49+,50+,51+,52+,53-,54-,57?/m0/s1. The van der Waals surface area contributed by atoms with Crippen LogP contribution in [0.1, 0.15) is 125 Å². The van der Waals surface area contributed by atoms with Crippen molar-refractivity contribution in [2.75, 3.05) is 59.9 Å². The summed E-state index contributed by atoms with van der Waals surface area (Å²) in [5.74, 6) is 1.67. The van der Waals surface area contributed by atoms with Crippen molar-refractivity contribution in [1.29, 1.82) is 0 Å². The molecule has 0 radical (unpaired) electrons. The largest absolute Gasteiger partial charge is 0.445 e. The summed E-state index contributed by atoms with van der Waals surface area (Å²) in [6.07, 6.45) is -1.12. The number of aliphatic hydroxyl groups excluding tert-OH is 2. The van der Waals surface area contributed by atoms with Crippen molar-refractivity contribution in [2.45, 2.75) is 181 Å². The molecule has 1 saturated heterocycles. The highest BCUT2D eigenvalue weighted by molar-refractivity contribution is 5.98. The highest BCUT2D eigenvalue weighted by atomic mass is 16.6. The fourth-order valence-electron chi connectivity index (χ4n) is 11.0. The molecule has 1 aliphatic rings. The minimum absolute atomic E-state index is 0.00436. The van der Waals surface area contributed by atoms with Gasteiger partial charge in [0.25, 0.3) is 0 Å². The first-order valence-electron chi connectivity index (χ1n) is 29.5. The van der Waals surface area contributed by atoms with Gasteiger partial charge < -0.3 is 71.4 Å². The van der Waals surface area contributed by atoms with Gasteiger partial charge in [-0.25, -0.2) is 15.5 Å². The van der Waals surface area contributed by atoms with Gasteiger partial charge >= 0.3 is 12.1 Å². The van der Waals surface area contributed by atoms with Crippen LogP contribution in [0.3, 0.4) is 0 Å². The van der Waals surface area contributed by atoms with Crippen LogP contribution in [0.2, 0.25) is 0 Å². The average molecular weight is 1180 g/mol. The smallest absolute Gasteiger partial charge is 0.410 e. The van der Waals surface area contributed by atoms with Crippen LogP contribution < -0.4 is 43.5 Å². The Balaban J connectivity index is 1.70. The quantitative estimate of drug-likeness (QED) is 0.0264. The number of nitrogens with zero attached hydrogens (tertiary/aromatic N) is 3. The lowest BCUT2D eigenvalue weighted by Gasteiger charge is -2.42. The van der Waals surface area contributed by atoms with E-state index in [0.717, 1.165) is 18.4 Å². The van der Waals surface area contributed by atoms with Crippen LogP contribution in [0, 0.1) is 29.6 Å². The van der Waals surface area contributed by atoms with Crippen LogP contribution in [0.4, 0.5) is 15.3 Å². The van der Waals surface area contributed by atoms with Crippen molar-refractivity contribution in [2.24, 2.45) is 41.2 Å². The molecule has 8 amide bonds. The Hall–Kier alpha value is -5.99. The lowest BCUT2D eigenvalue weighted by molar-refractivity contribution is -0.147. The zero-order valence-corrected chi connectivity index (χ0v) is 52.1. The second kappa shape index (κ2) is 36.1. The van der Waals surface area contributed by atoms with Gasteiger partial charge in [0.1, 0.15) is 31.5 Å². The molecule has 24 heteroatoms. The molecule has 12 N–H and O–H groups in total. The van der Waals surface area contributed by atoms with E-state index in [1.165, 1.54) is 11.9 Å². The summed E-state index contributed by atoms with van der Waals surface area (Å²) in [5, 5.41) is 40.0.